The second-order valence-electron chi connectivity index (χ2n) is 2.23. The third-order valence-corrected chi connectivity index (χ3v) is 1.45. The summed E-state index contributed by atoms with van der Waals surface area (Å²) in [4.78, 5) is 41.8. The Hall–Kier alpha value is 0.600. The molecule has 0 radical (unpaired) electrons. The van der Waals surface area contributed by atoms with Gasteiger partial charge in [0, 0.05) is 0 Å². The molecule has 1 saturated carbocycles. The van der Waals surface area contributed by atoms with Gasteiger partial charge in [-0.1, -0.05) is 12.2 Å². The molecule has 0 aromatic carbocycles. The van der Waals surface area contributed by atoms with Gasteiger partial charge in [0.1, 0.15) is 0 Å². The van der Waals surface area contributed by atoms with Gasteiger partial charge in [-0.2, -0.15) is 0 Å². The topological polar surface area (TPSA) is 114 Å². The van der Waals surface area contributed by atoms with Crippen LogP contribution < -0.4 is 69.3 Å². The van der Waals surface area contributed by atoms with E-state index in [1.165, 1.54) is 0 Å². The van der Waals surface area contributed by atoms with Gasteiger partial charge in [0.05, 0.1) is 0 Å². The van der Waals surface area contributed by atoms with Crippen molar-refractivity contribution in [1.82, 2.24) is 0 Å². The van der Waals surface area contributed by atoms with Gasteiger partial charge in [-0.3, -0.25) is 19.2 Å². The zero-order chi connectivity index (χ0) is 9.46. The predicted octanol–water partition coefficient (Wildman–Crippen LogP) is -10.3. The maximum Gasteiger partial charge on any atom is 1.00 e. The normalized spacial score (nSPS) is 26.7. The Balaban J connectivity index is 0. The zero-order valence-electron chi connectivity index (χ0n) is 7.60. The standard InChI is InChI=1S/C6H2O6.2Na/c7-1-2(8)4(10)6(12)5(11)3(1)9;;/h1-2H;;/q-2;2*+1. The van der Waals surface area contributed by atoms with Gasteiger partial charge in [0.2, 0.25) is 0 Å². The summed E-state index contributed by atoms with van der Waals surface area (Å²) >= 11 is 0. The molecule has 14 heavy (non-hydrogen) atoms. The van der Waals surface area contributed by atoms with Crippen LogP contribution >= 0.6 is 0 Å². The Kier molecular flexibility index (Phi) is 7.58. The first-order valence-electron chi connectivity index (χ1n) is 2.95. The Morgan fingerprint density at radius 1 is 0.714 bits per heavy atom. The number of hydrogen-bond acceptors (Lipinski definition) is 6. The van der Waals surface area contributed by atoms with E-state index in [9.17, 15) is 29.4 Å². The van der Waals surface area contributed by atoms with Gasteiger partial charge in [-0.25, -0.2) is 0 Å². The summed E-state index contributed by atoms with van der Waals surface area (Å²) < 4.78 is 0. The molecule has 1 aliphatic rings. The molecule has 0 heterocycles. The monoisotopic (exact) mass is 216 g/mol. The molecule has 1 rings (SSSR count). The second kappa shape index (κ2) is 6.24. The maximum atomic E-state index is 10.5. The van der Waals surface area contributed by atoms with E-state index in [1.807, 2.05) is 0 Å². The molecule has 0 saturated heterocycles. The number of hydrogen-bond donors (Lipinski definition) is 0. The third-order valence-electron chi connectivity index (χ3n) is 1.45. The van der Waals surface area contributed by atoms with Crippen LogP contribution in [0, 0.1) is 0 Å². The van der Waals surface area contributed by atoms with Crippen LogP contribution in [0.1, 0.15) is 0 Å². The SMILES string of the molecule is O=C1C(=O)C(=O)C([O-])C([O-])C1=O.[Na+].[Na+]. The molecular formula is C6H2Na2O6. The van der Waals surface area contributed by atoms with Crippen molar-refractivity contribution in [2.45, 2.75) is 12.2 Å². The number of rotatable bonds is 0. The molecule has 0 aromatic rings. The van der Waals surface area contributed by atoms with Crippen molar-refractivity contribution in [3.8, 4) is 0 Å². The van der Waals surface area contributed by atoms with Gasteiger partial charge < -0.3 is 10.2 Å². The fourth-order valence-electron chi connectivity index (χ4n) is 0.757. The van der Waals surface area contributed by atoms with Crippen molar-refractivity contribution in [2.24, 2.45) is 0 Å². The fraction of sp³-hybridized carbons (Fsp3) is 0.333. The molecular weight excluding hydrogens is 214 g/mol. The molecule has 0 amide bonds. The van der Waals surface area contributed by atoms with Gasteiger partial charge in [-0.15, -0.1) is 0 Å². The molecule has 64 valence electrons. The summed E-state index contributed by atoms with van der Waals surface area (Å²) in [5.74, 6) is -6.57. The van der Waals surface area contributed by atoms with Crippen LogP contribution in [-0.4, -0.2) is 35.3 Å². The quantitative estimate of drug-likeness (QED) is 0.293. The molecule has 8 heteroatoms. The van der Waals surface area contributed by atoms with E-state index < -0.39 is 35.3 Å². The molecule has 0 bridgehead atoms. The molecule has 0 N–H and O–H groups in total. The minimum atomic E-state index is -2.46. The minimum Gasteiger partial charge on any atom is -0.847 e. The Labute approximate surface area is 123 Å². The summed E-state index contributed by atoms with van der Waals surface area (Å²) in [6, 6.07) is 0. The van der Waals surface area contributed by atoms with Crippen molar-refractivity contribution in [3.63, 3.8) is 0 Å². The molecule has 0 aliphatic heterocycles. The average Bonchev–Trinajstić information content (AvgIpc) is 2.08. The van der Waals surface area contributed by atoms with Crippen LogP contribution in [0.15, 0.2) is 0 Å². The Morgan fingerprint density at radius 3 is 1.14 bits per heavy atom. The number of carbonyl (C=O) groups excluding carboxylic acids is 4. The van der Waals surface area contributed by atoms with Crippen LogP contribution in [-0.2, 0) is 19.2 Å². The van der Waals surface area contributed by atoms with Gasteiger partial charge in [0.15, 0.2) is 11.6 Å². The molecule has 1 fully saturated rings. The van der Waals surface area contributed by atoms with E-state index in [0.717, 1.165) is 0 Å². The van der Waals surface area contributed by atoms with Gasteiger partial charge in [0.25, 0.3) is 11.6 Å². The second-order valence-corrected chi connectivity index (χ2v) is 2.23. The first-order chi connectivity index (χ1) is 5.46. The van der Waals surface area contributed by atoms with E-state index in [4.69, 9.17) is 0 Å². The van der Waals surface area contributed by atoms with E-state index in [2.05, 4.69) is 0 Å². The summed E-state index contributed by atoms with van der Waals surface area (Å²) in [6.45, 7) is 0. The molecule has 0 spiro atoms. The molecule has 2 unspecified atom stereocenters. The third kappa shape index (κ3) is 2.80. The van der Waals surface area contributed by atoms with Crippen molar-refractivity contribution in [3.05, 3.63) is 0 Å². The van der Waals surface area contributed by atoms with E-state index in [-0.39, 0.29) is 59.1 Å². The molecule has 1 aliphatic carbocycles. The van der Waals surface area contributed by atoms with Crippen LogP contribution in [0.5, 0.6) is 0 Å². The Morgan fingerprint density at radius 2 is 0.929 bits per heavy atom. The van der Waals surface area contributed by atoms with Crippen molar-refractivity contribution in [1.29, 1.82) is 0 Å². The molecule has 6 nitrogen and oxygen atoms in total. The first-order valence-corrected chi connectivity index (χ1v) is 2.95. The molecule has 2 atom stereocenters. The largest absolute Gasteiger partial charge is 1.00 e. The maximum absolute atomic E-state index is 10.5. The summed E-state index contributed by atoms with van der Waals surface area (Å²) in [5.41, 5.74) is 0. The van der Waals surface area contributed by atoms with Crippen molar-refractivity contribution >= 4 is 23.1 Å². The van der Waals surface area contributed by atoms with Gasteiger partial charge >= 0.3 is 59.1 Å². The Bertz CT molecular complexity index is 269. The summed E-state index contributed by atoms with van der Waals surface area (Å²) in [5, 5.41) is 21.0. The summed E-state index contributed by atoms with van der Waals surface area (Å²) in [7, 11) is 0. The van der Waals surface area contributed by atoms with Crippen LogP contribution in [0.4, 0.5) is 0 Å². The number of ketones is 4. The van der Waals surface area contributed by atoms with Crippen LogP contribution in [0.3, 0.4) is 0 Å². The number of Topliss-reactive ketones (excluding diaryl/α,β-unsaturated/α-hetero) is 4. The van der Waals surface area contributed by atoms with Crippen LogP contribution in [0.2, 0.25) is 0 Å². The van der Waals surface area contributed by atoms with Crippen molar-refractivity contribution in [2.75, 3.05) is 0 Å². The van der Waals surface area contributed by atoms with Crippen LogP contribution in [0.25, 0.3) is 0 Å². The summed E-state index contributed by atoms with van der Waals surface area (Å²) in [6.07, 6.45) is -4.91. The van der Waals surface area contributed by atoms with E-state index in [1.54, 1.807) is 0 Å². The average molecular weight is 216 g/mol. The van der Waals surface area contributed by atoms with E-state index in [0.29, 0.717) is 0 Å². The van der Waals surface area contributed by atoms with E-state index >= 15 is 0 Å². The predicted molar refractivity (Wildman–Crippen MR) is 27.6 cm³/mol. The zero-order valence-corrected chi connectivity index (χ0v) is 11.6. The van der Waals surface area contributed by atoms with Gasteiger partial charge in [-0.05, 0) is 0 Å². The minimum absolute atomic E-state index is 0. The number of carbonyl (C=O) groups is 4. The first kappa shape index (κ1) is 17.0. The molecule has 0 aromatic heterocycles. The van der Waals surface area contributed by atoms with Crippen molar-refractivity contribution < 1.29 is 88.5 Å². The smallest absolute Gasteiger partial charge is 0.847 e. The fourth-order valence-corrected chi connectivity index (χ4v) is 0.757.